The van der Waals surface area contributed by atoms with Gasteiger partial charge in [0, 0.05) is 11.6 Å². The lowest BCUT2D eigenvalue weighted by Crippen LogP contribution is -1.94. The van der Waals surface area contributed by atoms with Crippen LogP contribution in [0.15, 0.2) is 36.4 Å². The van der Waals surface area contributed by atoms with Crippen molar-refractivity contribution in [3.05, 3.63) is 64.2 Å². The van der Waals surface area contributed by atoms with E-state index in [9.17, 15) is 18.9 Å². The Morgan fingerprint density at radius 2 is 1.76 bits per heavy atom. The molecular formula is C12H6F2NO2. The lowest BCUT2D eigenvalue weighted by Gasteiger charge is -2.03. The quantitative estimate of drug-likeness (QED) is 0.590. The highest BCUT2D eigenvalue weighted by atomic mass is 19.1. The van der Waals surface area contributed by atoms with E-state index in [0.29, 0.717) is 0 Å². The van der Waals surface area contributed by atoms with Crippen molar-refractivity contribution in [3.63, 3.8) is 0 Å². The minimum atomic E-state index is -0.945. The van der Waals surface area contributed by atoms with Crippen LogP contribution in [-0.4, -0.2) is 4.92 Å². The highest BCUT2D eigenvalue weighted by Crippen LogP contribution is 2.31. The number of rotatable bonds is 2. The molecular weight excluding hydrogens is 228 g/mol. The summed E-state index contributed by atoms with van der Waals surface area (Å²) < 4.78 is 26.2. The lowest BCUT2D eigenvalue weighted by atomic mass is 10.0. The molecule has 0 fully saturated rings. The monoisotopic (exact) mass is 234 g/mol. The zero-order valence-electron chi connectivity index (χ0n) is 8.48. The van der Waals surface area contributed by atoms with Crippen LogP contribution < -0.4 is 0 Å². The first-order chi connectivity index (χ1) is 8.09. The molecule has 0 unspecified atom stereocenters. The molecule has 85 valence electrons. The molecule has 5 heteroatoms. The number of nitro groups is 1. The number of nitrogens with zero attached hydrogens (tertiary/aromatic N) is 1. The molecule has 0 bridgehead atoms. The van der Waals surface area contributed by atoms with Crippen LogP contribution in [0.25, 0.3) is 11.1 Å². The maximum atomic E-state index is 13.5. The second-order valence-corrected chi connectivity index (χ2v) is 3.31. The Kier molecular flexibility index (Phi) is 2.82. The van der Waals surface area contributed by atoms with Crippen molar-refractivity contribution >= 4 is 5.69 Å². The molecule has 0 aliphatic carbocycles. The van der Waals surface area contributed by atoms with E-state index in [4.69, 9.17) is 0 Å². The summed E-state index contributed by atoms with van der Waals surface area (Å²) in [5, 5.41) is 10.8. The average molecular weight is 234 g/mol. The summed E-state index contributed by atoms with van der Waals surface area (Å²) in [5.41, 5.74) is -0.170. The standard InChI is InChI=1S/C12H6F2NO2/c13-8-5-6-9(11(14)7-8)10-3-1-2-4-12(10)15(16)17/h1-6H. The molecule has 2 aromatic carbocycles. The minimum absolute atomic E-state index is 0.0429. The number of hydrogen-bond acceptors (Lipinski definition) is 2. The van der Waals surface area contributed by atoms with Crippen LogP contribution in [0, 0.1) is 27.8 Å². The Morgan fingerprint density at radius 3 is 2.41 bits per heavy atom. The van der Waals surface area contributed by atoms with Gasteiger partial charge in [-0.05, 0) is 18.2 Å². The summed E-state index contributed by atoms with van der Waals surface area (Å²) in [5.74, 6) is -1.79. The third kappa shape index (κ3) is 2.13. The molecule has 0 aromatic heterocycles. The first kappa shape index (κ1) is 11.2. The maximum absolute atomic E-state index is 13.5. The fourth-order valence-corrected chi connectivity index (χ4v) is 1.51. The van der Waals surface area contributed by atoms with Gasteiger partial charge in [-0.25, -0.2) is 8.78 Å². The van der Waals surface area contributed by atoms with Crippen LogP contribution in [0.1, 0.15) is 0 Å². The molecule has 17 heavy (non-hydrogen) atoms. The molecule has 0 saturated carbocycles. The first-order valence-electron chi connectivity index (χ1n) is 4.70. The zero-order valence-corrected chi connectivity index (χ0v) is 8.48. The molecule has 0 heterocycles. The van der Waals surface area contributed by atoms with E-state index in [1.54, 1.807) is 6.07 Å². The average Bonchev–Trinajstić information content (AvgIpc) is 2.29. The van der Waals surface area contributed by atoms with Gasteiger partial charge in [0.2, 0.25) is 0 Å². The topological polar surface area (TPSA) is 43.1 Å². The number of benzene rings is 2. The van der Waals surface area contributed by atoms with Crippen molar-refractivity contribution < 1.29 is 13.7 Å². The van der Waals surface area contributed by atoms with Crippen molar-refractivity contribution in [3.8, 4) is 11.1 Å². The Morgan fingerprint density at radius 1 is 1.06 bits per heavy atom. The van der Waals surface area contributed by atoms with E-state index in [-0.39, 0.29) is 16.8 Å². The summed E-state index contributed by atoms with van der Waals surface area (Å²) in [6.07, 6.45) is 0. The Balaban J connectivity index is 2.64. The minimum Gasteiger partial charge on any atom is -0.258 e. The Bertz CT molecular complexity index is 584. The molecule has 0 spiro atoms. The van der Waals surface area contributed by atoms with Gasteiger partial charge < -0.3 is 0 Å². The fraction of sp³-hybridized carbons (Fsp3) is 0. The predicted molar refractivity (Wildman–Crippen MR) is 57.3 cm³/mol. The molecule has 0 atom stereocenters. The van der Waals surface area contributed by atoms with Crippen molar-refractivity contribution in [1.29, 1.82) is 0 Å². The van der Waals surface area contributed by atoms with E-state index < -0.39 is 16.6 Å². The summed E-state index contributed by atoms with van der Waals surface area (Å²) >= 11 is 0. The second-order valence-electron chi connectivity index (χ2n) is 3.31. The van der Waals surface area contributed by atoms with Gasteiger partial charge in [-0.2, -0.15) is 0 Å². The van der Waals surface area contributed by atoms with Crippen molar-refractivity contribution in [2.75, 3.05) is 0 Å². The number of hydrogen-bond donors (Lipinski definition) is 0. The highest BCUT2D eigenvalue weighted by Gasteiger charge is 2.17. The maximum Gasteiger partial charge on any atom is 0.277 e. The third-order valence-electron chi connectivity index (χ3n) is 2.25. The van der Waals surface area contributed by atoms with E-state index in [1.165, 1.54) is 18.2 Å². The van der Waals surface area contributed by atoms with Gasteiger partial charge in [-0.15, -0.1) is 0 Å². The third-order valence-corrected chi connectivity index (χ3v) is 2.25. The molecule has 2 aromatic rings. The summed E-state index contributed by atoms with van der Waals surface area (Å²) in [6.45, 7) is 0. The molecule has 0 amide bonds. The van der Waals surface area contributed by atoms with Crippen molar-refractivity contribution in [2.24, 2.45) is 0 Å². The van der Waals surface area contributed by atoms with Crippen molar-refractivity contribution in [1.82, 2.24) is 0 Å². The number of halogens is 2. The SMILES string of the molecule is O=[N+]([O-])c1ccccc1-c1ccc(F)[c]c1F. The fourth-order valence-electron chi connectivity index (χ4n) is 1.51. The molecule has 3 nitrogen and oxygen atoms in total. The Labute approximate surface area is 95.5 Å². The molecule has 0 aliphatic rings. The van der Waals surface area contributed by atoms with Gasteiger partial charge in [0.05, 0.1) is 16.6 Å². The van der Waals surface area contributed by atoms with Crippen LogP contribution in [0.5, 0.6) is 0 Å². The second kappa shape index (κ2) is 4.29. The summed E-state index contributed by atoms with van der Waals surface area (Å²) in [4.78, 5) is 10.2. The van der Waals surface area contributed by atoms with Crippen LogP contribution in [0.2, 0.25) is 0 Å². The number of nitro benzene ring substituents is 1. The van der Waals surface area contributed by atoms with Gasteiger partial charge in [-0.3, -0.25) is 10.1 Å². The molecule has 1 radical (unpaired) electrons. The van der Waals surface area contributed by atoms with Crippen LogP contribution >= 0.6 is 0 Å². The molecule has 0 N–H and O–H groups in total. The molecule has 2 rings (SSSR count). The van der Waals surface area contributed by atoms with E-state index >= 15 is 0 Å². The van der Waals surface area contributed by atoms with E-state index in [0.717, 1.165) is 12.1 Å². The Hall–Kier alpha value is -2.30. The smallest absolute Gasteiger partial charge is 0.258 e. The number of para-hydroxylation sites is 1. The van der Waals surface area contributed by atoms with Gasteiger partial charge in [0.15, 0.2) is 0 Å². The predicted octanol–water partition coefficient (Wildman–Crippen LogP) is 3.34. The van der Waals surface area contributed by atoms with Gasteiger partial charge in [0.25, 0.3) is 5.69 Å². The van der Waals surface area contributed by atoms with Gasteiger partial charge in [-0.1, -0.05) is 12.1 Å². The van der Waals surface area contributed by atoms with Gasteiger partial charge >= 0.3 is 0 Å². The van der Waals surface area contributed by atoms with Crippen molar-refractivity contribution in [2.45, 2.75) is 0 Å². The van der Waals surface area contributed by atoms with Gasteiger partial charge in [0.1, 0.15) is 11.6 Å². The van der Waals surface area contributed by atoms with E-state index in [1.807, 2.05) is 6.07 Å². The lowest BCUT2D eigenvalue weighted by molar-refractivity contribution is -0.384. The first-order valence-corrected chi connectivity index (χ1v) is 4.70. The van der Waals surface area contributed by atoms with E-state index in [2.05, 4.69) is 0 Å². The molecule has 0 saturated heterocycles. The molecule has 0 aliphatic heterocycles. The summed E-state index contributed by atoms with van der Waals surface area (Å²) in [6, 6.07) is 9.71. The largest absolute Gasteiger partial charge is 0.277 e. The normalized spacial score (nSPS) is 10.2. The van der Waals surface area contributed by atoms with Crippen LogP contribution in [0.3, 0.4) is 0 Å². The van der Waals surface area contributed by atoms with Crippen LogP contribution in [-0.2, 0) is 0 Å². The van der Waals surface area contributed by atoms with Crippen LogP contribution in [0.4, 0.5) is 14.5 Å². The highest BCUT2D eigenvalue weighted by molar-refractivity contribution is 5.73. The summed E-state index contributed by atoms with van der Waals surface area (Å²) in [7, 11) is 0. The zero-order chi connectivity index (χ0) is 12.4.